The summed E-state index contributed by atoms with van der Waals surface area (Å²) in [4.78, 5) is 21.5. The maximum Gasteiger partial charge on any atom is 0.273 e. The lowest BCUT2D eigenvalue weighted by molar-refractivity contribution is 0.0777. The van der Waals surface area contributed by atoms with Crippen LogP contribution >= 0.6 is 11.6 Å². The molecule has 0 fully saturated rings. The average molecular weight is 267 g/mol. The third-order valence-corrected chi connectivity index (χ3v) is 2.69. The van der Waals surface area contributed by atoms with Gasteiger partial charge >= 0.3 is 0 Å². The zero-order chi connectivity index (χ0) is 13.1. The summed E-state index contributed by atoms with van der Waals surface area (Å²) in [5, 5.41) is 6.31. The lowest BCUT2D eigenvalue weighted by Crippen LogP contribution is -2.27. The van der Waals surface area contributed by atoms with E-state index in [1.807, 2.05) is 0 Å². The van der Waals surface area contributed by atoms with Crippen LogP contribution in [0.5, 0.6) is 0 Å². The highest BCUT2D eigenvalue weighted by Gasteiger charge is 2.20. The van der Waals surface area contributed by atoms with Gasteiger partial charge in [-0.25, -0.2) is 0 Å². The minimum atomic E-state index is -0.310. The molecule has 0 unspecified atom stereocenters. The normalized spacial score (nSPS) is 10.3. The number of aromatic nitrogens is 4. The molecule has 0 radical (unpaired) electrons. The summed E-state index contributed by atoms with van der Waals surface area (Å²) in [6.45, 7) is 0.321. The first-order valence-corrected chi connectivity index (χ1v) is 5.47. The number of nitrogens with one attached hydrogen (secondary N) is 1. The van der Waals surface area contributed by atoms with Crippen molar-refractivity contribution < 1.29 is 4.79 Å². The number of nitrogens with two attached hydrogens (primary N) is 1. The Morgan fingerprint density at radius 2 is 2.33 bits per heavy atom. The van der Waals surface area contributed by atoms with Gasteiger partial charge in [-0.2, -0.15) is 5.10 Å². The summed E-state index contributed by atoms with van der Waals surface area (Å²) in [5.74, 6) is -0.206. The van der Waals surface area contributed by atoms with E-state index >= 15 is 0 Å². The molecule has 0 bridgehead atoms. The summed E-state index contributed by atoms with van der Waals surface area (Å²) >= 11 is 5.86. The van der Waals surface area contributed by atoms with Crippen molar-refractivity contribution in [2.75, 3.05) is 12.8 Å². The number of anilines is 1. The fraction of sp³-hybridized carbons (Fsp3) is 0.200. The SMILES string of the molecule is CN(Cc1cnccn1)C(=O)c1[nH]nc(N)c1Cl. The molecule has 0 saturated heterocycles. The maximum absolute atomic E-state index is 12.0. The van der Waals surface area contributed by atoms with Crippen LogP contribution in [0.3, 0.4) is 0 Å². The van der Waals surface area contributed by atoms with Gasteiger partial charge in [0.2, 0.25) is 0 Å². The van der Waals surface area contributed by atoms with Crippen molar-refractivity contribution >= 4 is 23.3 Å². The largest absolute Gasteiger partial charge is 0.381 e. The predicted octanol–water partition coefficient (Wildman–Crippen LogP) is 0.708. The van der Waals surface area contributed by atoms with Crippen LogP contribution in [0.15, 0.2) is 18.6 Å². The van der Waals surface area contributed by atoms with Gasteiger partial charge in [-0.15, -0.1) is 0 Å². The Morgan fingerprint density at radius 3 is 2.89 bits per heavy atom. The molecule has 18 heavy (non-hydrogen) atoms. The highest BCUT2D eigenvalue weighted by molar-refractivity contribution is 6.35. The number of carbonyl (C=O) groups is 1. The van der Waals surface area contributed by atoms with Crippen LogP contribution in [0.1, 0.15) is 16.2 Å². The summed E-state index contributed by atoms with van der Waals surface area (Å²) in [7, 11) is 1.63. The van der Waals surface area contributed by atoms with Crippen LogP contribution in [0.4, 0.5) is 5.82 Å². The number of carbonyl (C=O) groups excluding carboxylic acids is 1. The van der Waals surface area contributed by atoms with Crippen molar-refractivity contribution in [2.45, 2.75) is 6.54 Å². The fourth-order valence-corrected chi connectivity index (χ4v) is 1.57. The molecule has 0 saturated carbocycles. The molecule has 3 N–H and O–H groups in total. The Labute approximate surface area is 108 Å². The average Bonchev–Trinajstić information content (AvgIpc) is 2.70. The molecule has 1 amide bonds. The molecule has 0 atom stereocenters. The number of hydrogen-bond donors (Lipinski definition) is 2. The van der Waals surface area contributed by atoms with Gasteiger partial charge in [0.15, 0.2) is 5.82 Å². The Morgan fingerprint density at radius 1 is 1.56 bits per heavy atom. The van der Waals surface area contributed by atoms with Gasteiger partial charge in [-0.05, 0) is 0 Å². The quantitative estimate of drug-likeness (QED) is 0.852. The lowest BCUT2D eigenvalue weighted by Gasteiger charge is -2.15. The number of H-pyrrole nitrogens is 1. The third kappa shape index (κ3) is 2.40. The number of nitrogen functional groups attached to an aromatic ring is 1. The smallest absolute Gasteiger partial charge is 0.273 e. The van der Waals surface area contributed by atoms with Crippen molar-refractivity contribution in [1.82, 2.24) is 25.1 Å². The number of hydrogen-bond acceptors (Lipinski definition) is 5. The van der Waals surface area contributed by atoms with Gasteiger partial charge in [0.25, 0.3) is 5.91 Å². The molecule has 0 aromatic carbocycles. The molecule has 0 spiro atoms. The first-order chi connectivity index (χ1) is 8.59. The second-order valence-electron chi connectivity index (χ2n) is 3.66. The first kappa shape index (κ1) is 12.3. The summed E-state index contributed by atoms with van der Waals surface area (Å²) in [5.41, 5.74) is 6.31. The van der Waals surface area contributed by atoms with Crippen LogP contribution in [-0.2, 0) is 6.54 Å². The summed E-state index contributed by atoms with van der Waals surface area (Å²) in [6, 6.07) is 0. The van der Waals surface area contributed by atoms with Crippen LogP contribution < -0.4 is 5.73 Å². The van der Waals surface area contributed by atoms with E-state index in [2.05, 4.69) is 20.2 Å². The topological polar surface area (TPSA) is 101 Å². The minimum absolute atomic E-state index is 0.105. The third-order valence-electron chi connectivity index (χ3n) is 2.31. The molecule has 7 nitrogen and oxygen atoms in total. The van der Waals surface area contributed by atoms with E-state index < -0.39 is 0 Å². The Hall–Kier alpha value is -2.15. The van der Waals surface area contributed by atoms with Crippen molar-refractivity contribution in [3.63, 3.8) is 0 Å². The van der Waals surface area contributed by atoms with Crippen LogP contribution in [0.25, 0.3) is 0 Å². The number of aromatic amines is 1. The lowest BCUT2D eigenvalue weighted by atomic mass is 10.3. The highest BCUT2D eigenvalue weighted by atomic mass is 35.5. The van der Waals surface area contributed by atoms with Gasteiger partial charge in [0.05, 0.1) is 18.4 Å². The molecule has 0 aliphatic carbocycles. The molecule has 0 aliphatic heterocycles. The van der Waals surface area contributed by atoms with E-state index in [0.29, 0.717) is 12.2 Å². The van der Waals surface area contributed by atoms with E-state index in [1.165, 1.54) is 4.90 Å². The Kier molecular flexibility index (Phi) is 3.42. The van der Waals surface area contributed by atoms with Crippen LogP contribution in [-0.4, -0.2) is 38.0 Å². The van der Waals surface area contributed by atoms with Gasteiger partial charge in [0, 0.05) is 19.4 Å². The van der Waals surface area contributed by atoms with Gasteiger partial charge in [-0.1, -0.05) is 11.6 Å². The van der Waals surface area contributed by atoms with E-state index in [4.69, 9.17) is 17.3 Å². The van der Waals surface area contributed by atoms with Crippen molar-refractivity contribution in [3.05, 3.63) is 35.0 Å². The predicted molar refractivity (Wildman–Crippen MR) is 65.8 cm³/mol. The van der Waals surface area contributed by atoms with E-state index in [0.717, 1.165) is 0 Å². The van der Waals surface area contributed by atoms with Gasteiger partial charge in [0.1, 0.15) is 10.7 Å². The van der Waals surface area contributed by atoms with Gasteiger partial charge in [-0.3, -0.25) is 19.9 Å². The number of nitrogens with zero attached hydrogens (tertiary/aromatic N) is 4. The Bertz CT molecular complexity index is 555. The van der Waals surface area contributed by atoms with Crippen LogP contribution in [0.2, 0.25) is 5.02 Å². The number of rotatable bonds is 3. The fourth-order valence-electron chi connectivity index (χ4n) is 1.40. The highest BCUT2D eigenvalue weighted by Crippen LogP contribution is 2.21. The Balaban J connectivity index is 2.12. The van der Waals surface area contributed by atoms with Crippen molar-refractivity contribution in [1.29, 1.82) is 0 Å². The molecule has 0 aliphatic rings. The van der Waals surface area contributed by atoms with Crippen LogP contribution in [0, 0.1) is 0 Å². The maximum atomic E-state index is 12.0. The van der Waals surface area contributed by atoms with E-state index in [9.17, 15) is 4.79 Å². The summed E-state index contributed by atoms with van der Waals surface area (Å²) < 4.78 is 0. The molecule has 2 aromatic heterocycles. The molecule has 2 aromatic rings. The molecular weight excluding hydrogens is 256 g/mol. The molecule has 8 heteroatoms. The molecular formula is C10H11ClN6O. The number of amides is 1. The second kappa shape index (κ2) is 5.01. The molecule has 2 heterocycles. The van der Waals surface area contributed by atoms with Crippen molar-refractivity contribution in [3.8, 4) is 0 Å². The van der Waals surface area contributed by atoms with E-state index in [-0.39, 0.29) is 22.4 Å². The zero-order valence-electron chi connectivity index (χ0n) is 9.59. The van der Waals surface area contributed by atoms with Crippen molar-refractivity contribution in [2.24, 2.45) is 0 Å². The summed E-state index contributed by atoms with van der Waals surface area (Å²) in [6.07, 6.45) is 4.72. The number of halogens is 1. The first-order valence-electron chi connectivity index (χ1n) is 5.09. The monoisotopic (exact) mass is 266 g/mol. The zero-order valence-corrected chi connectivity index (χ0v) is 10.3. The standard InChI is InChI=1S/C10H11ClN6O/c1-17(5-6-4-13-2-3-14-6)10(18)8-7(11)9(12)16-15-8/h2-4H,5H2,1H3,(H3,12,15,16). The van der Waals surface area contributed by atoms with Gasteiger partial charge < -0.3 is 10.6 Å². The molecule has 94 valence electrons. The second-order valence-corrected chi connectivity index (χ2v) is 4.03. The van der Waals surface area contributed by atoms with E-state index in [1.54, 1.807) is 25.6 Å². The minimum Gasteiger partial charge on any atom is -0.381 e. The molecule has 2 rings (SSSR count).